The predicted octanol–water partition coefficient (Wildman–Crippen LogP) is 4.53. The summed E-state index contributed by atoms with van der Waals surface area (Å²) in [4.78, 5) is 11.5. The molecule has 2 aromatic carbocycles. The number of nitrogens with zero attached hydrogens (tertiary/aromatic N) is 1. The summed E-state index contributed by atoms with van der Waals surface area (Å²) in [5.74, 6) is 0.878. The number of nitrogens with one attached hydrogen (secondary N) is 2. The summed E-state index contributed by atoms with van der Waals surface area (Å²) in [6.45, 7) is 2.07. The number of hydrogen-bond donors (Lipinski definition) is 2. The Hall–Kier alpha value is -2.81. The third kappa shape index (κ3) is 2.03. The van der Waals surface area contributed by atoms with Gasteiger partial charge < -0.3 is 9.97 Å². The van der Waals surface area contributed by atoms with Crippen LogP contribution in [0.2, 0.25) is 0 Å². The summed E-state index contributed by atoms with van der Waals surface area (Å²) in [7, 11) is 0. The zero-order valence-corrected chi connectivity index (χ0v) is 11.7. The maximum Gasteiger partial charge on any atom is 0.155 e. The molecule has 0 aliphatic heterocycles. The van der Waals surface area contributed by atoms with Crippen LogP contribution >= 0.6 is 0 Å². The number of imidazole rings is 1. The second-order valence-electron chi connectivity index (χ2n) is 5.21. The van der Waals surface area contributed by atoms with E-state index in [4.69, 9.17) is 4.98 Å². The highest BCUT2D eigenvalue weighted by Crippen LogP contribution is 2.31. The smallest absolute Gasteiger partial charge is 0.155 e. The van der Waals surface area contributed by atoms with Gasteiger partial charge in [-0.15, -0.1) is 0 Å². The Morgan fingerprint density at radius 2 is 1.62 bits per heavy atom. The summed E-state index contributed by atoms with van der Waals surface area (Å²) in [6.07, 6.45) is 0. The molecule has 3 heteroatoms. The maximum absolute atomic E-state index is 4.70. The Morgan fingerprint density at radius 3 is 2.43 bits per heavy atom. The minimum Gasteiger partial charge on any atom is -0.356 e. The molecule has 0 saturated carbocycles. The normalized spacial score (nSPS) is 11.1. The molecule has 0 fully saturated rings. The molecule has 0 amide bonds. The molecule has 0 spiro atoms. The van der Waals surface area contributed by atoms with E-state index in [0.717, 1.165) is 28.2 Å². The fraction of sp³-hybridized carbons (Fsp3) is 0.0556. The van der Waals surface area contributed by atoms with E-state index >= 15 is 0 Å². The standard InChI is InChI=1S/C18H15N3/c1-12-11-14(13-7-3-2-4-8-13)17(19-12)18-20-15-9-5-6-10-16(15)21-18/h2-11,19H,1H3,(H,20,21). The topological polar surface area (TPSA) is 44.5 Å². The van der Waals surface area contributed by atoms with Crippen LogP contribution in [0.15, 0.2) is 60.7 Å². The molecule has 0 radical (unpaired) electrons. The van der Waals surface area contributed by atoms with Crippen molar-refractivity contribution in [2.45, 2.75) is 6.92 Å². The van der Waals surface area contributed by atoms with Gasteiger partial charge >= 0.3 is 0 Å². The molecule has 21 heavy (non-hydrogen) atoms. The number of H-pyrrole nitrogens is 2. The van der Waals surface area contributed by atoms with Gasteiger partial charge in [0.25, 0.3) is 0 Å². The van der Waals surface area contributed by atoms with Crippen LogP contribution in [0.1, 0.15) is 5.69 Å². The quantitative estimate of drug-likeness (QED) is 0.553. The van der Waals surface area contributed by atoms with Crippen LogP contribution in [0, 0.1) is 6.92 Å². The van der Waals surface area contributed by atoms with Crippen molar-refractivity contribution in [1.82, 2.24) is 15.0 Å². The molecule has 3 nitrogen and oxygen atoms in total. The Bertz CT molecular complexity index is 868. The minimum absolute atomic E-state index is 0.878. The number of benzene rings is 2. The van der Waals surface area contributed by atoms with E-state index in [1.54, 1.807) is 0 Å². The first kappa shape index (κ1) is 12.0. The van der Waals surface area contributed by atoms with E-state index in [-0.39, 0.29) is 0 Å². The average molecular weight is 273 g/mol. The van der Waals surface area contributed by atoms with Crippen molar-refractivity contribution in [3.05, 3.63) is 66.4 Å². The van der Waals surface area contributed by atoms with Crippen molar-refractivity contribution in [1.29, 1.82) is 0 Å². The Balaban J connectivity index is 1.92. The molecule has 2 N–H and O–H groups in total. The molecule has 4 rings (SSSR count). The molecule has 102 valence electrons. The van der Waals surface area contributed by atoms with Crippen molar-refractivity contribution < 1.29 is 0 Å². The number of aromatic amines is 2. The number of aryl methyl sites for hydroxylation is 1. The summed E-state index contributed by atoms with van der Waals surface area (Å²) in [6, 6.07) is 20.6. The molecule has 2 heterocycles. The molecule has 4 aromatic rings. The SMILES string of the molecule is Cc1cc(-c2ccccc2)c(-c2nc3ccccc3[nH]2)[nH]1. The third-order valence-electron chi connectivity index (χ3n) is 3.66. The van der Waals surface area contributed by atoms with Crippen LogP contribution in [0.3, 0.4) is 0 Å². The van der Waals surface area contributed by atoms with Crippen LogP contribution in [-0.2, 0) is 0 Å². The van der Waals surface area contributed by atoms with Crippen LogP contribution < -0.4 is 0 Å². The van der Waals surface area contributed by atoms with Crippen LogP contribution in [0.25, 0.3) is 33.7 Å². The molecular formula is C18H15N3. The van der Waals surface area contributed by atoms with Gasteiger partial charge in [0.1, 0.15) is 0 Å². The minimum atomic E-state index is 0.878. The molecule has 0 bridgehead atoms. The Kier molecular flexibility index (Phi) is 2.64. The van der Waals surface area contributed by atoms with Gasteiger partial charge in [-0.1, -0.05) is 42.5 Å². The summed E-state index contributed by atoms with van der Waals surface area (Å²) in [5.41, 5.74) is 6.57. The summed E-state index contributed by atoms with van der Waals surface area (Å²) < 4.78 is 0. The maximum atomic E-state index is 4.70. The number of hydrogen-bond acceptors (Lipinski definition) is 1. The molecule has 0 aliphatic rings. The molecule has 0 unspecified atom stereocenters. The van der Waals surface area contributed by atoms with E-state index in [1.165, 1.54) is 11.1 Å². The van der Waals surface area contributed by atoms with Gasteiger partial charge in [-0.25, -0.2) is 4.98 Å². The Labute approximate surface area is 122 Å². The van der Waals surface area contributed by atoms with E-state index < -0.39 is 0 Å². The monoisotopic (exact) mass is 273 g/mol. The average Bonchev–Trinajstić information content (AvgIpc) is 3.11. The van der Waals surface area contributed by atoms with Gasteiger partial charge in [-0.2, -0.15) is 0 Å². The van der Waals surface area contributed by atoms with Crippen LogP contribution in [0.4, 0.5) is 0 Å². The number of aromatic nitrogens is 3. The lowest BCUT2D eigenvalue weighted by Gasteiger charge is -2.01. The van der Waals surface area contributed by atoms with Gasteiger partial charge in [-0.3, -0.25) is 0 Å². The lowest BCUT2D eigenvalue weighted by atomic mass is 10.1. The van der Waals surface area contributed by atoms with E-state index in [9.17, 15) is 0 Å². The second-order valence-corrected chi connectivity index (χ2v) is 5.21. The highest BCUT2D eigenvalue weighted by atomic mass is 15.0. The predicted molar refractivity (Wildman–Crippen MR) is 86.1 cm³/mol. The highest BCUT2D eigenvalue weighted by molar-refractivity contribution is 5.84. The van der Waals surface area contributed by atoms with Crippen molar-refractivity contribution in [3.63, 3.8) is 0 Å². The molecular weight excluding hydrogens is 258 g/mol. The largest absolute Gasteiger partial charge is 0.356 e. The first-order chi connectivity index (χ1) is 10.3. The van der Waals surface area contributed by atoms with Crippen LogP contribution in [-0.4, -0.2) is 15.0 Å². The van der Waals surface area contributed by atoms with Gasteiger partial charge in [0, 0.05) is 11.3 Å². The van der Waals surface area contributed by atoms with E-state index in [1.807, 2.05) is 30.3 Å². The molecule has 0 atom stereocenters. The van der Waals surface area contributed by atoms with E-state index in [0.29, 0.717) is 0 Å². The third-order valence-corrected chi connectivity index (χ3v) is 3.66. The Morgan fingerprint density at radius 1 is 0.857 bits per heavy atom. The van der Waals surface area contributed by atoms with Gasteiger partial charge in [-0.05, 0) is 30.7 Å². The zero-order chi connectivity index (χ0) is 14.2. The van der Waals surface area contributed by atoms with Gasteiger partial charge in [0.15, 0.2) is 5.82 Å². The van der Waals surface area contributed by atoms with E-state index in [2.05, 4.69) is 47.2 Å². The first-order valence-corrected chi connectivity index (χ1v) is 7.01. The molecule has 2 aromatic heterocycles. The number of rotatable bonds is 2. The number of fused-ring (bicyclic) bond motifs is 1. The fourth-order valence-electron chi connectivity index (χ4n) is 2.69. The van der Waals surface area contributed by atoms with Gasteiger partial charge in [0.2, 0.25) is 0 Å². The highest BCUT2D eigenvalue weighted by Gasteiger charge is 2.13. The fourth-order valence-corrected chi connectivity index (χ4v) is 2.69. The van der Waals surface area contributed by atoms with Crippen molar-refractivity contribution in [2.24, 2.45) is 0 Å². The van der Waals surface area contributed by atoms with Crippen LogP contribution in [0.5, 0.6) is 0 Å². The van der Waals surface area contributed by atoms with Crippen molar-refractivity contribution in [3.8, 4) is 22.6 Å². The lowest BCUT2D eigenvalue weighted by Crippen LogP contribution is -1.84. The van der Waals surface area contributed by atoms with Crippen molar-refractivity contribution in [2.75, 3.05) is 0 Å². The van der Waals surface area contributed by atoms with Crippen molar-refractivity contribution >= 4 is 11.0 Å². The first-order valence-electron chi connectivity index (χ1n) is 7.01. The second kappa shape index (κ2) is 4.63. The molecule has 0 saturated heterocycles. The zero-order valence-electron chi connectivity index (χ0n) is 11.7. The van der Waals surface area contributed by atoms with Gasteiger partial charge in [0.05, 0.1) is 16.7 Å². The lowest BCUT2D eigenvalue weighted by molar-refractivity contribution is 1.22. The number of para-hydroxylation sites is 2. The molecule has 0 aliphatic carbocycles. The summed E-state index contributed by atoms with van der Waals surface area (Å²) >= 11 is 0. The summed E-state index contributed by atoms with van der Waals surface area (Å²) in [5, 5.41) is 0.